The number of primary amides is 1. The first-order chi connectivity index (χ1) is 7.88. The highest BCUT2D eigenvalue weighted by molar-refractivity contribution is 5.88. The molecule has 5 heteroatoms. The quantitative estimate of drug-likeness (QED) is 0.582. The van der Waals surface area contributed by atoms with Gasteiger partial charge in [-0.3, -0.25) is 9.59 Å². The number of carbonyl (C=O) groups is 2. The van der Waals surface area contributed by atoms with E-state index in [1.807, 2.05) is 20.8 Å². The first-order valence-corrected chi connectivity index (χ1v) is 6.16. The average molecular weight is 244 g/mol. The second kappa shape index (κ2) is 8.06. The van der Waals surface area contributed by atoms with Crippen LogP contribution in [0.5, 0.6) is 0 Å². The van der Waals surface area contributed by atoms with Crippen molar-refractivity contribution < 1.29 is 14.7 Å². The van der Waals surface area contributed by atoms with Gasteiger partial charge >= 0.3 is 0 Å². The molecule has 0 fully saturated rings. The van der Waals surface area contributed by atoms with Gasteiger partial charge in [-0.1, -0.05) is 33.6 Å². The van der Waals surface area contributed by atoms with Crippen molar-refractivity contribution in [1.29, 1.82) is 0 Å². The maximum Gasteiger partial charge on any atom is 0.249 e. The summed E-state index contributed by atoms with van der Waals surface area (Å²) in [4.78, 5) is 22.7. The summed E-state index contributed by atoms with van der Waals surface area (Å²) in [7, 11) is 0. The molecule has 5 nitrogen and oxygen atoms in total. The third-order valence-corrected chi connectivity index (χ3v) is 2.50. The Labute approximate surface area is 103 Å². The molecular weight excluding hydrogens is 220 g/mol. The summed E-state index contributed by atoms with van der Waals surface area (Å²) in [6.07, 6.45) is 1.57. The van der Waals surface area contributed by atoms with Gasteiger partial charge in [0.15, 0.2) is 0 Å². The van der Waals surface area contributed by atoms with E-state index in [1.165, 1.54) is 0 Å². The molecule has 0 heterocycles. The molecule has 0 radical (unpaired) electrons. The first kappa shape index (κ1) is 15.9. The zero-order valence-electron chi connectivity index (χ0n) is 10.9. The number of aliphatic hydroxyl groups is 1. The molecular formula is C12H24N2O3. The van der Waals surface area contributed by atoms with E-state index >= 15 is 0 Å². The molecule has 2 amide bonds. The number of carbonyl (C=O) groups excluding carboxylic acids is 2. The fourth-order valence-electron chi connectivity index (χ4n) is 1.52. The van der Waals surface area contributed by atoms with Gasteiger partial charge in [-0.05, 0) is 18.8 Å². The van der Waals surface area contributed by atoms with Crippen LogP contribution in [0, 0.1) is 5.92 Å². The van der Waals surface area contributed by atoms with Crippen molar-refractivity contribution in [2.45, 2.75) is 58.6 Å². The summed E-state index contributed by atoms with van der Waals surface area (Å²) in [5, 5.41) is 12.1. The second-order valence-electron chi connectivity index (χ2n) is 4.75. The van der Waals surface area contributed by atoms with E-state index in [4.69, 9.17) is 5.73 Å². The third-order valence-electron chi connectivity index (χ3n) is 2.50. The van der Waals surface area contributed by atoms with Gasteiger partial charge in [0.1, 0.15) is 12.1 Å². The van der Waals surface area contributed by atoms with E-state index in [0.29, 0.717) is 12.8 Å². The molecule has 0 bridgehead atoms. The van der Waals surface area contributed by atoms with Crippen molar-refractivity contribution in [2.24, 2.45) is 11.7 Å². The zero-order chi connectivity index (χ0) is 13.4. The summed E-state index contributed by atoms with van der Waals surface area (Å²) in [5.74, 6) is -0.847. The number of amides is 2. The van der Waals surface area contributed by atoms with Crippen molar-refractivity contribution in [1.82, 2.24) is 5.32 Å². The molecule has 0 aromatic rings. The molecule has 0 aliphatic carbocycles. The lowest BCUT2D eigenvalue weighted by molar-refractivity contribution is -0.133. The summed E-state index contributed by atoms with van der Waals surface area (Å²) >= 11 is 0. The number of nitrogens with one attached hydrogen (secondary N) is 1. The van der Waals surface area contributed by atoms with Crippen LogP contribution in [0.4, 0.5) is 0 Å². The number of nitrogens with two attached hydrogens (primary N) is 1. The molecule has 0 aromatic heterocycles. The second-order valence-corrected chi connectivity index (χ2v) is 4.75. The molecule has 0 aliphatic heterocycles. The molecule has 0 unspecified atom stereocenters. The summed E-state index contributed by atoms with van der Waals surface area (Å²) in [6, 6.07) is -0.677. The van der Waals surface area contributed by atoms with Crippen LogP contribution in [0.1, 0.15) is 46.5 Å². The monoisotopic (exact) mass is 244 g/mol. The molecule has 0 aromatic carbocycles. The highest BCUT2D eigenvalue weighted by Gasteiger charge is 2.22. The van der Waals surface area contributed by atoms with Crippen molar-refractivity contribution >= 4 is 11.8 Å². The lowest BCUT2D eigenvalue weighted by Gasteiger charge is -2.18. The largest absolute Gasteiger partial charge is 0.383 e. The van der Waals surface area contributed by atoms with Crippen LogP contribution in [-0.4, -0.2) is 29.1 Å². The van der Waals surface area contributed by atoms with Gasteiger partial charge in [0.2, 0.25) is 11.8 Å². The normalized spacial score (nSPS) is 14.4. The van der Waals surface area contributed by atoms with E-state index in [1.54, 1.807) is 0 Å². The van der Waals surface area contributed by atoms with Gasteiger partial charge in [0, 0.05) is 0 Å². The molecule has 0 rings (SSSR count). The fraction of sp³-hybridized carbons (Fsp3) is 0.833. The number of unbranched alkanes of at least 4 members (excludes halogenated alkanes) is 1. The van der Waals surface area contributed by atoms with Gasteiger partial charge in [-0.15, -0.1) is 0 Å². The Morgan fingerprint density at radius 3 is 2.35 bits per heavy atom. The van der Waals surface area contributed by atoms with Crippen LogP contribution < -0.4 is 11.1 Å². The van der Waals surface area contributed by atoms with Gasteiger partial charge in [-0.25, -0.2) is 0 Å². The Morgan fingerprint density at radius 2 is 1.94 bits per heavy atom. The number of hydrogen-bond acceptors (Lipinski definition) is 3. The molecule has 0 saturated heterocycles. The van der Waals surface area contributed by atoms with Crippen LogP contribution in [0.15, 0.2) is 0 Å². The molecule has 0 spiro atoms. The Balaban J connectivity index is 4.24. The minimum Gasteiger partial charge on any atom is -0.383 e. The van der Waals surface area contributed by atoms with Gasteiger partial charge in [0.05, 0.1) is 0 Å². The molecule has 0 saturated carbocycles. The molecule has 17 heavy (non-hydrogen) atoms. The van der Waals surface area contributed by atoms with Crippen molar-refractivity contribution in [2.75, 3.05) is 0 Å². The molecule has 0 aliphatic rings. The topological polar surface area (TPSA) is 92.4 Å². The standard InChI is InChI=1S/C12H24N2O3/c1-4-5-6-9(11(13)16)14-12(17)10(15)7-8(2)3/h8-10,15H,4-7H2,1-3H3,(H2,13,16)(H,14,17)/t9-,10+/m1/s1. The van der Waals surface area contributed by atoms with Crippen LogP contribution in [0.2, 0.25) is 0 Å². The number of rotatable bonds is 8. The molecule has 100 valence electrons. The first-order valence-electron chi connectivity index (χ1n) is 6.16. The lowest BCUT2D eigenvalue weighted by atomic mass is 10.0. The average Bonchev–Trinajstić information content (AvgIpc) is 2.22. The fourth-order valence-corrected chi connectivity index (χ4v) is 1.52. The van der Waals surface area contributed by atoms with E-state index in [-0.39, 0.29) is 5.92 Å². The Morgan fingerprint density at radius 1 is 1.35 bits per heavy atom. The maximum atomic E-state index is 11.6. The smallest absolute Gasteiger partial charge is 0.249 e. The summed E-state index contributed by atoms with van der Waals surface area (Å²) < 4.78 is 0. The van der Waals surface area contributed by atoms with E-state index in [9.17, 15) is 14.7 Å². The molecule has 2 atom stereocenters. The highest BCUT2D eigenvalue weighted by atomic mass is 16.3. The summed E-state index contributed by atoms with van der Waals surface area (Å²) in [6.45, 7) is 5.83. The minimum absolute atomic E-state index is 0.221. The predicted octanol–water partition coefficient (Wildman–Crippen LogP) is 0.554. The summed E-state index contributed by atoms with van der Waals surface area (Å²) in [5.41, 5.74) is 5.19. The Hall–Kier alpha value is -1.10. The minimum atomic E-state index is -1.07. The van der Waals surface area contributed by atoms with Crippen LogP contribution in [-0.2, 0) is 9.59 Å². The van der Waals surface area contributed by atoms with Crippen LogP contribution >= 0.6 is 0 Å². The molecule has 4 N–H and O–H groups in total. The van der Waals surface area contributed by atoms with Crippen molar-refractivity contribution in [3.8, 4) is 0 Å². The number of hydrogen-bond donors (Lipinski definition) is 3. The lowest BCUT2D eigenvalue weighted by Crippen LogP contribution is -2.48. The third kappa shape index (κ3) is 6.94. The van der Waals surface area contributed by atoms with Crippen LogP contribution in [0.25, 0.3) is 0 Å². The van der Waals surface area contributed by atoms with Crippen molar-refractivity contribution in [3.63, 3.8) is 0 Å². The number of aliphatic hydroxyl groups excluding tert-OH is 1. The van der Waals surface area contributed by atoms with Gasteiger partial charge < -0.3 is 16.2 Å². The SMILES string of the molecule is CCCC[C@@H](NC(=O)[C@@H](O)CC(C)C)C(N)=O. The predicted molar refractivity (Wildman–Crippen MR) is 66.1 cm³/mol. The Bertz CT molecular complexity index is 254. The van der Waals surface area contributed by atoms with E-state index in [0.717, 1.165) is 12.8 Å². The van der Waals surface area contributed by atoms with Crippen LogP contribution in [0.3, 0.4) is 0 Å². The van der Waals surface area contributed by atoms with Gasteiger partial charge in [0.25, 0.3) is 0 Å². The van der Waals surface area contributed by atoms with E-state index in [2.05, 4.69) is 5.32 Å². The Kier molecular flexibility index (Phi) is 7.54. The van der Waals surface area contributed by atoms with Crippen molar-refractivity contribution in [3.05, 3.63) is 0 Å². The maximum absolute atomic E-state index is 11.6. The van der Waals surface area contributed by atoms with Gasteiger partial charge in [-0.2, -0.15) is 0 Å². The highest BCUT2D eigenvalue weighted by Crippen LogP contribution is 2.06. The van der Waals surface area contributed by atoms with E-state index < -0.39 is 24.0 Å². The zero-order valence-corrected chi connectivity index (χ0v) is 10.9.